The van der Waals surface area contributed by atoms with Gasteiger partial charge in [0.1, 0.15) is 0 Å². The van der Waals surface area contributed by atoms with Gasteiger partial charge < -0.3 is 25.0 Å². The van der Waals surface area contributed by atoms with Crippen LogP contribution in [-0.2, 0) is 9.59 Å². The van der Waals surface area contributed by atoms with Crippen LogP contribution in [0.1, 0.15) is 45.6 Å². The lowest BCUT2D eigenvalue weighted by atomic mass is 9.80. The molecule has 3 heterocycles. The Labute approximate surface area is 190 Å². The number of methoxy groups -OCH3 is 2. The molecule has 0 bridgehead atoms. The van der Waals surface area contributed by atoms with Gasteiger partial charge in [-0.3, -0.25) is 14.4 Å². The maximum absolute atomic E-state index is 13.9. The maximum Gasteiger partial charge on any atom is 0.254 e. The maximum atomic E-state index is 13.9. The number of nitrogens with two attached hydrogens (primary N) is 1. The van der Waals surface area contributed by atoms with E-state index in [1.54, 1.807) is 29.0 Å². The fraction of sp³-hybridized carbons (Fsp3) is 0.435. The highest BCUT2D eigenvalue weighted by atomic mass is 32.1. The SMILES string of the molecule is COc1cc2c(cc1OC)[C@@H](C(=O)N1CCC(C(N)=O)CC1)[C@H](c1cccs1)N(C)C2=O. The molecule has 0 radical (unpaired) electrons. The van der Waals surface area contributed by atoms with Crippen molar-refractivity contribution in [1.29, 1.82) is 0 Å². The summed E-state index contributed by atoms with van der Waals surface area (Å²) in [7, 11) is 4.77. The highest BCUT2D eigenvalue weighted by Crippen LogP contribution is 2.47. The summed E-state index contributed by atoms with van der Waals surface area (Å²) in [5.74, 6) is -0.459. The molecule has 3 amide bonds. The molecule has 0 unspecified atom stereocenters. The number of rotatable bonds is 5. The molecule has 4 rings (SSSR count). The molecule has 2 aromatic rings. The van der Waals surface area contributed by atoms with Crippen LogP contribution in [0.3, 0.4) is 0 Å². The summed E-state index contributed by atoms with van der Waals surface area (Å²) in [6.45, 7) is 0.917. The Kier molecular flexibility index (Phi) is 6.10. The van der Waals surface area contributed by atoms with Crippen LogP contribution in [0.15, 0.2) is 29.6 Å². The minimum atomic E-state index is -0.601. The van der Waals surface area contributed by atoms with Crippen molar-refractivity contribution < 1.29 is 23.9 Å². The van der Waals surface area contributed by atoms with Crippen LogP contribution in [0.5, 0.6) is 11.5 Å². The summed E-state index contributed by atoms with van der Waals surface area (Å²) in [6.07, 6.45) is 1.09. The van der Waals surface area contributed by atoms with Crippen LogP contribution in [0.2, 0.25) is 0 Å². The molecule has 8 nitrogen and oxygen atoms in total. The number of benzene rings is 1. The van der Waals surface area contributed by atoms with Gasteiger partial charge in [0.15, 0.2) is 11.5 Å². The van der Waals surface area contributed by atoms with Crippen LogP contribution in [-0.4, -0.2) is 61.9 Å². The molecule has 1 aromatic heterocycles. The number of thiophene rings is 1. The van der Waals surface area contributed by atoms with Crippen LogP contribution >= 0.6 is 11.3 Å². The molecule has 2 atom stereocenters. The van der Waals surface area contributed by atoms with Crippen molar-refractivity contribution in [2.45, 2.75) is 24.8 Å². The zero-order valence-electron chi connectivity index (χ0n) is 18.4. The molecule has 2 aliphatic rings. The molecule has 9 heteroatoms. The number of nitrogens with zero attached hydrogens (tertiary/aromatic N) is 2. The molecular weight excluding hydrogens is 430 g/mol. The van der Waals surface area contributed by atoms with E-state index in [1.165, 1.54) is 25.6 Å². The molecule has 2 aliphatic heterocycles. The van der Waals surface area contributed by atoms with Gasteiger partial charge in [0, 0.05) is 36.5 Å². The first-order valence-electron chi connectivity index (χ1n) is 10.5. The molecule has 2 N–H and O–H groups in total. The lowest BCUT2D eigenvalue weighted by molar-refractivity contribution is -0.137. The number of amides is 3. The van der Waals surface area contributed by atoms with Crippen molar-refractivity contribution in [2.24, 2.45) is 11.7 Å². The second-order valence-electron chi connectivity index (χ2n) is 8.15. The number of likely N-dealkylation sites (N-methyl/N-ethyl adjacent to an activating group) is 1. The average Bonchev–Trinajstić information content (AvgIpc) is 3.34. The summed E-state index contributed by atoms with van der Waals surface area (Å²) in [4.78, 5) is 43.1. The van der Waals surface area contributed by atoms with Crippen molar-refractivity contribution >= 4 is 29.1 Å². The Morgan fingerprint density at radius 3 is 2.34 bits per heavy atom. The third-order valence-electron chi connectivity index (χ3n) is 6.48. The molecule has 0 aliphatic carbocycles. The Morgan fingerprint density at radius 1 is 1.12 bits per heavy atom. The van der Waals surface area contributed by atoms with E-state index in [9.17, 15) is 14.4 Å². The zero-order valence-corrected chi connectivity index (χ0v) is 19.2. The van der Waals surface area contributed by atoms with Crippen LogP contribution in [0.4, 0.5) is 0 Å². The van der Waals surface area contributed by atoms with Gasteiger partial charge in [-0.2, -0.15) is 0 Å². The molecule has 170 valence electrons. The van der Waals surface area contributed by atoms with Crippen molar-refractivity contribution in [3.05, 3.63) is 45.6 Å². The van der Waals surface area contributed by atoms with Gasteiger partial charge in [-0.25, -0.2) is 0 Å². The molecule has 0 saturated carbocycles. The van der Waals surface area contributed by atoms with Crippen molar-refractivity contribution in [1.82, 2.24) is 9.80 Å². The van der Waals surface area contributed by atoms with E-state index in [4.69, 9.17) is 15.2 Å². The fourth-order valence-electron chi connectivity index (χ4n) is 4.71. The molecular formula is C23H27N3O5S. The zero-order chi connectivity index (χ0) is 23.0. The second-order valence-corrected chi connectivity index (χ2v) is 9.13. The number of hydrogen-bond acceptors (Lipinski definition) is 6. The fourth-order valence-corrected chi connectivity index (χ4v) is 5.62. The molecule has 0 spiro atoms. The summed E-state index contributed by atoms with van der Waals surface area (Å²) in [5.41, 5.74) is 6.53. The lowest BCUT2D eigenvalue weighted by Crippen LogP contribution is -2.49. The van der Waals surface area contributed by atoms with Gasteiger partial charge in [0.05, 0.1) is 26.2 Å². The average molecular weight is 458 g/mol. The molecule has 1 saturated heterocycles. The second kappa shape index (κ2) is 8.82. The van der Waals surface area contributed by atoms with E-state index in [0.717, 1.165) is 4.88 Å². The van der Waals surface area contributed by atoms with Gasteiger partial charge in [-0.15, -0.1) is 11.3 Å². The number of fused-ring (bicyclic) bond motifs is 1. The Morgan fingerprint density at radius 2 is 1.78 bits per heavy atom. The molecule has 1 fully saturated rings. The first-order valence-corrected chi connectivity index (χ1v) is 11.4. The van der Waals surface area contributed by atoms with E-state index in [1.807, 2.05) is 17.5 Å². The standard InChI is InChI=1S/C23H27N3O5S/c1-25-20(18-5-4-10-32-18)19(23(29)26-8-6-13(7-9-26)21(24)27)14-11-16(30-2)17(31-3)12-15(14)22(25)28/h4-5,10-13,19-20H,6-9H2,1-3H3,(H2,24,27)/t19-,20+/m1/s1. The number of likely N-dealkylation sites (tertiary alicyclic amines) is 1. The smallest absolute Gasteiger partial charge is 0.254 e. The first kappa shape index (κ1) is 22.1. The van der Waals surface area contributed by atoms with Gasteiger partial charge in [-0.1, -0.05) is 6.07 Å². The largest absolute Gasteiger partial charge is 0.493 e. The number of ether oxygens (including phenoxy) is 2. The van der Waals surface area contributed by atoms with Crippen molar-refractivity contribution in [3.63, 3.8) is 0 Å². The predicted octanol–water partition coefficient (Wildman–Crippen LogP) is 2.40. The Bertz CT molecular complexity index is 1030. The monoisotopic (exact) mass is 457 g/mol. The minimum Gasteiger partial charge on any atom is -0.493 e. The predicted molar refractivity (Wildman–Crippen MR) is 120 cm³/mol. The van der Waals surface area contributed by atoms with Gasteiger partial charge in [-0.05, 0) is 42.0 Å². The minimum absolute atomic E-state index is 0.0702. The summed E-state index contributed by atoms with van der Waals surface area (Å²) < 4.78 is 10.9. The summed E-state index contributed by atoms with van der Waals surface area (Å²) in [6, 6.07) is 6.83. The number of carbonyl (C=O) groups is 3. The van der Waals surface area contributed by atoms with Gasteiger partial charge >= 0.3 is 0 Å². The normalized spacial score (nSPS) is 21.3. The van der Waals surface area contributed by atoms with E-state index in [2.05, 4.69) is 0 Å². The highest BCUT2D eigenvalue weighted by molar-refractivity contribution is 7.10. The van der Waals surface area contributed by atoms with E-state index in [0.29, 0.717) is 48.6 Å². The third kappa shape index (κ3) is 3.70. The molecule has 1 aromatic carbocycles. The van der Waals surface area contributed by atoms with Gasteiger partial charge in [0.2, 0.25) is 11.8 Å². The number of carbonyl (C=O) groups excluding carboxylic acids is 3. The summed E-state index contributed by atoms with van der Waals surface area (Å²) >= 11 is 1.52. The lowest BCUT2D eigenvalue weighted by Gasteiger charge is -2.42. The third-order valence-corrected chi connectivity index (χ3v) is 7.43. The van der Waals surface area contributed by atoms with Crippen LogP contribution in [0.25, 0.3) is 0 Å². The van der Waals surface area contributed by atoms with Crippen LogP contribution in [0, 0.1) is 5.92 Å². The summed E-state index contributed by atoms with van der Waals surface area (Å²) in [5, 5.41) is 1.94. The topological polar surface area (TPSA) is 102 Å². The number of primary amides is 1. The Balaban J connectivity index is 1.79. The number of piperidine rings is 1. The van der Waals surface area contributed by atoms with E-state index in [-0.39, 0.29) is 23.6 Å². The number of hydrogen-bond donors (Lipinski definition) is 1. The van der Waals surface area contributed by atoms with Crippen molar-refractivity contribution in [2.75, 3.05) is 34.4 Å². The first-order chi connectivity index (χ1) is 15.4. The van der Waals surface area contributed by atoms with E-state index < -0.39 is 12.0 Å². The van der Waals surface area contributed by atoms with Gasteiger partial charge in [0.25, 0.3) is 5.91 Å². The van der Waals surface area contributed by atoms with E-state index >= 15 is 0 Å². The van der Waals surface area contributed by atoms with Crippen molar-refractivity contribution in [3.8, 4) is 11.5 Å². The van der Waals surface area contributed by atoms with Crippen LogP contribution < -0.4 is 15.2 Å². The quantitative estimate of drug-likeness (QED) is 0.743. The highest BCUT2D eigenvalue weighted by Gasteiger charge is 2.45. The Hall–Kier alpha value is -3.07. The molecule has 32 heavy (non-hydrogen) atoms.